The van der Waals surface area contributed by atoms with Gasteiger partial charge in [-0.25, -0.2) is 9.97 Å². The standard InChI is InChI=1S/C24H28N6O2/c1-3-22(32)29-6-8-30(9-7-29)24-18-10-16(13-31)17(11-21(18)25-14-26-24)23-15(2)4-5-20-19(23)12-27-28-20/h3-5,12,14,16-17,31H,1,6-11,13H2,2H3,(H,27,28)/t16-,17+/m0/s1. The van der Waals surface area contributed by atoms with E-state index in [0.717, 1.165) is 53.9 Å². The number of aliphatic hydroxyl groups is 1. The Morgan fingerprint density at radius 2 is 2.06 bits per heavy atom. The van der Waals surface area contributed by atoms with Crippen LogP contribution in [0.1, 0.15) is 28.3 Å². The highest BCUT2D eigenvalue weighted by atomic mass is 16.3. The fraction of sp³-hybridized carbons (Fsp3) is 0.417. The van der Waals surface area contributed by atoms with E-state index in [1.54, 1.807) is 6.33 Å². The number of hydrogen-bond acceptors (Lipinski definition) is 6. The molecule has 0 saturated carbocycles. The van der Waals surface area contributed by atoms with E-state index in [2.05, 4.69) is 50.7 Å². The van der Waals surface area contributed by atoms with Crippen molar-refractivity contribution >= 4 is 22.6 Å². The van der Waals surface area contributed by atoms with Gasteiger partial charge in [-0.2, -0.15) is 5.10 Å². The first-order chi connectivity index (χ1) is 15.6. The summed E-state index contributed by atoms with van der Waals surface area (Å²) in [7, 11) is 0. The first-order valence-corrected chi connectivity index (χ1v) is 11.1. The SMILES string of the molecule is C=CC(=O)N1CCN(c2ncnc3c2C[C@@H](CO)[C@H](c2c(C)ccc4[nH]ncc24)C3)CC1. The number of fused-ring (bicyclic) bond motifs is 2. The third-order valence-corrected chi connectivity index (χ3v) is 7.02. The number of aromatic amines is 1. The summed E-state index contributed by atoms with van der Waals surface area (Å²) >= 11 is 0. The van der Waals surface area contributed by atoms with Gasteiger partial charge in [0.15, 0.2) is 0 Å². The van der Waals surface area contributed by atoms with E-state index >= 15 is 0 Å². The topological polar surface area (TPSA) is 98.2 Å². The number of H-pyrrole nitrogens is 1. The average Bonchev–Trinajstić information content (AvgIpc) is 3.31. The van der Waals surface area contributed by atoms with Gasteiger partial charge in [-0.3, -0.25) is 9.89 Å². The molecule has 1 aliphatic carbocycles. The number of nitrogens with zero attached hydrogens (tertiary/aromatic N) is 5. The highest BCUT2D eigenvalue weighted by Crippen LogP contribution is 2.42. The van der Waals surface area contributed by atoms with E-state index < -0.39 is 0 Å². The quantitative estimate of drug-likeness (QED) is 0.612. The van der Waals surface area contributed by atoms with Crippen molar-refractivity contribution in [3.05, 3.63) is 59.7 Å². The summed E-state index contributed by atoms with van der Waals surface area (Å²) in [6.45, 7) is 8.57. The Balaban J connectivity index is 1.47. The number of hydrogen-bond donors (Lipinski definition) is 2. The number of nitrogens with one attached hydrogen (secondary N) is 1. The fourth-order valence-electron chi connectivity index (χ4n) is 5.31. The lowest BCUT2D eigenvalue weighted by Crippen LogP contribution is -2.49. The molecule has 0 spiro atoms. The summed E-state index contributed by atoms with van der Waals surface area (Å²) in [6, 6.07) is 4.18. The monoisotopic (exact) mass is 432 g/mol. The molecule has 32 heavy (non-hydrogen) atoms. The molecule has 1 amide bonds. The second-order valence-electron chi connectivity index (χ2n) is 8.72. The van der Waals surface area contributed by atoms with E-state index in [1.165, 1.54) is 17.2 Å². The number of aliphatic hydroxyl groups excluding tert-OH is 1. The number of aryl methyl sites for hydroxylation is 1. The minimum Gasteiger partial charge on any atom is -0.396 e. The van der Waals surface area contributed by atoms with Gasteiger partial charge in [0, 0.05) is 49.4 Å². The van der Waals surface area contributed by atoms with E-state index in [9.17, 15) is 9.90 Å². The smallest absolute Gasteiger partial charge is 0.246 e. The molecule has 166 valence electrons. The van der Waals surface area contributed by atoms with Gasteiger partial charge in [0.1, 0.15) is 12.1 Å². The summed E-state index contributed by atoms with van der Waals surface area (Å²) in [5.74, 6) is 1.16. The van der Waals surface area contributed by atoms with Crippen molar-refractivity contribution < 1.29 is 9.90 Å². The summed E-state index contributed by atoms with van der Waals surface area (Å²) in [5.41, 5.74) is 5.65. The zero-order chi connectivity index (χ0) is 22.2. The summed E-state index contributed by atoms with van der Waals surface area (Å²) < 4.78 is 0. The number of anilines is 1. The number of piperazine rings is 1. The molecule has 1 fully saturated rings. The second-order valence-corrected chi connectivity index (χ2v) is 8.72. The van der Waals surface area contributed by atoms with Gasteiger partial charge in [-0.05, 0) is 54.9 Å². The van der Waals surface area contributed by atoms with Crippen LogP contribution in [0.4, 0.5) is 5.82 Å². The molecule has 0 bridgehead atoms. The average molecular weight is 433 g/mol. The van der Waals surface area contributed by atoms with Gasteiger partial charge in [-0.1, -0.05) is 12.6 Å². The Morgan fingerprint density at radius 1 is 1.25 bits per heavy atom. The molecule has 8 heteroatoms. The maximum Gasteiger partial charge on any atom is 0.246 e. The van der Waals surface area contributed by atoms with Crippen LogP contribution in [0.5, 0.6) is 0 Å². The minimum atomic E-state index is -0.0265. The fourth-order valence-corrected chi connectivity index (χ4v) is 5.31. The van der Waals surface area contributed by atoms with Gasteiger partial charge in [0.2, 0.25) is 5.91 Å². The normalized spacial score (nSPS) is 20.9. The van der Waals surface area contributed by atoms with E-state index in [-0.39, 0.29) is 24.3 Å². The predicted octanol–water partition coefficient (Wildman–Crippen LogP) is 1.99. The Morgan fingerprint density at radius 3 is 2.81 bits per heavy atom. The van der Waals surface area contributed by atoms with Crippen LogP contribution in [0.2, 0.25) is 0 Å². The van der Waals surface area contributed by atoms with E-state index in [0.29, 0.717) is 13.1 Å². The van der Waals surface area contributed by atoms with Gasteiger partial charge in [0.05, 0.1) is 11.7 Å². The van der Waals surface area contributed by atoms with Crippen molar-refractivity contribution in [1.29, 1.82) is 0 Å². The lowest BCUT2D eigenvalue weighted by molar-refractivity contribution is -0.126. The van der Waals surface area contributed by atoms with Gasteiger partial charge in [0.25, 0.3) is 0 Å². The van der Waals surface area contributed by atoms with Crippen molar-refractivity contribution in [3.63, 3.8) is 0 Å². The zero-order valence-electron chi connectivity index (χ0n) is 18.3. The van der Waals surface area contributed by atoms with Crippen molar-refractivity contribution in [2.75, 3.05) is 37.7 Å². The van der Waals surface area contributed by atoms with Gasteiger partial charge in [-0.15, -0.1) is 0 Å². The van der Waals surface area contributed by atoms with Gasteiger partial charge < -0.3 is 14.9 Å². The van der Waals surface area contributed by atoms with E-state index in [1.807, 2.05) is 11.1 Å². The Hall–Kier alpha value is -3.26. The number of rotatable bonds is 4. The molecule has 3 aromatic rings. The molecule has 0 radical (unpaired) electrons. The Kier molecular flexibility index (Phi) is 5.38. The molecule has 2 aliphatic rings. The van der Waals surface area contributed by atoms with Crippen molar-refractivity contribution in [3.8, 4) is 0 Å². The lowest BCUT2D eigenvalue weighted by Gasteiger charge is -2.38. The number of aromatic nitrogens is 4. The molecule has 1 saturated heterocycles. The van der Waals surface area contributed by atoms with Crippen LogP contribution in [0.3, 0.4) is 0 Å². The van der Waals surface area contributed by atoms with Gasteiger partial charge >= 0.3 is 0 Å². The molecular weight excluding hydrogens is 404 g/mol. The summed E-state index contributed by atoms with van der Waals surface area (Å²) in [4.78, 5) is 25.3. The zero-order valence-corrected chi connectivity index (χ0v) is 18.3. The molecule has 2 atom stereocenters. The molecule has 3 heterocycles. The molecule has 8 nitrogen and oxygen atoms in total. The summed E-state index contributed by atoms with van der Waals surface area (Å²) in [5, 5.41) is 18.8. The molecule has 5 rings (SSSR count). The van der Waals surface area contributed by atoms with E-state index in [4.69, 9.17) is 0 Å². The maximum absolute atomic E-state index is 11.9. The number of benzene rings is 1. The Labute approximate surface area is 187 Å². The third-order valence-electron chi connectivity index (χ3n) is 7.02. The van der Waals surface area contributed by atoms with Crippen LogP contribution in [0.25, 0.3) is 10.9 Å². The van der Waals surface area contributed by atoms with Crippen molar-refractivity contribution in [2.24, 2.45) is 5.92 Å². The van der Waals surface area contributed by atoms with Crippen molar-refractivity contribution in [2.45, 2.75) is 25.7 Å². The van der Waals surface area contributed by atoms with Crippen LogP contribution >= 0.6 is 0 Å². The molecule has 2 N–H and O–H groups in total. The summed E-state index contributed by atoms with van der Waals surface area (Å²) in [6.07, 6.45) is 6.40. The maximum atomic E-state index is 11.9. The molecule has 2 aromatic heterocycles. The van der Waals surface area contributed by atoms with Crippen LogP contribution < -0.4 is 4.90 Å². The van der Waals surface area contributed by atoms with Crippen LogP contribution in [0.15, 0.2) is 37.3 Å². The largest absolute Gasteiger partial charge is 0.396 e. The second kappa shape index (κ2) is 8.35. The molecule has 1 aliphatic heterocycles. The molecule has 1 aromatic carbocycles. The molecule has 0 unspecified atom stereocenters. The third kappa shape index (κ3) is 3.44. The lowest BCUT2D eigenvalue weighted by atomic mass is 9.72. The van der Waals surface area contributed by atoms with Crippen LogP contribution in [-0.4, -0.2) is 68.9 Å². The highest BCUT2D eigenvalue weighted by Gasteiger charge is 2.35. The van der Waals surface area contributed by atoms with Crippen LogP contribution in [-0.2, 0) is 17.6 Å². The first kappa shape index (κ1) is 20.6. The number of carbonyl (C=O) groups is 1. The highest BCUT2D eigenvalue weighted by molar-refractivity contribution is 5.87. The van der Waals surface area contributed by atoms with Crippen molar-refractivity contribution in [1.82, 2.24) is 25.1 Å². The number of amides is 1. The molecular formula is C24H28N6O2. The Bertz CT molecular complexity index is 1160. The predicted molar refractivity (Wildman–Crippen MR) is 123 cm³/mol. The minimum absolute atomic E-state index is 0.0265. The van der Waals surface area contributed by atoms with Crippen LogP contribution in [0, 0.1) is 12.8 Å². The number of carbonyl (C=O) groups excluding carboxylic acids is 1. The first-order valence-electron chi connectivity index (χ1n) is 11.1.